The zero-order valence-electron chi connectivity index (χ0n) is 9.93. The number of hydrogen-bond donors (Lipinski definition) is 1. The van der Waals surface area contributed by atoms with Gasteiger partial charge < -0.3 is 9.84 Å². The van der Waals surface area contributed by atoms with Crippen LogP contribution in [0, 0.1) is 5.41 Å². The second-order valence-corrected chi connectivity index (χ2v) is 4.79. The van der Waals surface area contributed by atoms with Crippen LogP contribution in [0.25, 0.3) is 10.8 Å². The lowest BCUT2D eigenvalue weighted by atomic mass is 9.78. The Kier molecular flexibility index (Phi) is 2.65. The molecule has 0 unspecified atom stereocenters. The summed E-state index contributed by atoms with van der Waals surface area (Å²) in [4.78, 5) is 12.6. The molecule has 0 aromatic heterocycles. The molecule has 1 saturated heterocycles. The third-order valence-electron chi connectivity index (χ3n) is 3.58. The van der Waals surface area contributed by atoms with Crippen LogP contribution < -0.4 is 0 Å². The average molecular weight is 242 g/mol. The number of ether oxygens (including phenoxy) is 1. The number of carbonyl (C=O) groups is 1. The Bertz CT molecular complexity index is 589. The van der Waals surface area contributed by atoms with E-state index in [9.17, 15) is 9.90 Å². The summed E-state index contributed by atoms with van der Waals surface area (Å²) < 4.78 is 5.10. The van der Waals surface area contributed by atoms with Gasteiger partial charge in [0, 0.05) is 5.56 Å². The van der Waals surface area contributed by atoms with Gasteiger partial charge in [-0.05, 0) is 10.8 Å². The fourth-order valence-electron chi connectivity index (χ4n) is 2.35. The Hall–Kier alpha value is -1.71. The van der Waals surface area contributed by atoms with Crippen LogP contribution in [0.1, 0.15) is 10.4 Å². The number of aliphatic hydroxyl groups is 1. The van der Waals surface area contributed by atoms with Crippen molar-refractivity contribution in [3.8, 4) is 0 Å². The quantitative estimate of drug-likeness (QED) is 0.838. The van der Waals surface area contributed by atoms with Crippen molar-refractivity contribution in [3.05, 3.63) is 48.0 Å². The van der Waals surface area contributed by atoms with Gasteiger partial charge in [-0.1, -0.05) is 42.5 Å². The molecule has 0 spiro atoms. The lowest BCUT2D eigenvalue weighted by Crippen LogP contribution is -2.51. The minimum absolute atomic E-state index is 0.0203. The van der Waals surface area contributed by atoms with Crippen molar-refractivity contribution < 1.29 is 14.6 Å². The van der Waals surface area contributed by atoms with Crippen LogP contribution in [0.3, 0.4) is 0 Å². The van der Waals surface area contributed by atoms with Gasteiger partial charge >= 0.3 is 0 Å². The smallest absolute Gasteiger partial charge is 0.176 e. The molecule has 0 saturated carbocycles. The summed E-state index contributed by atoms with van der Waals surface area (Å²) in [6.07, 6.45) is 0. The van der Waals surface area contributed by atoms with E-state index < -0.39 is 5.41 Å². The van der Waals surface area contributed by atoms with Gasteiger partial charge in [0.2, 0.25) is 0 Å². The highest BCUT2D eigenvalue weighted by Gasteiger charge is 2.45. The van der Waals surface area contributed by atoms with Crippen LogP contribution >= 0.6 is 0 Å². The molecule has 0 bridgehead atoms. The van der Waals surface area contributed by atoms with E-state index in [-0.39, 0.29) is 12.4 Å². The van der Waals surface area contributed by atoms with Crippen molar-refractivity contribution in [2.75, 3.05) is 19.8 Å². The highest BCUT2D eigenvalue weighted by atomic mass is 16.5. The standard InChI is InChI=1S/C15H14O3/c16-8-15(9-18-10-15)14(17)13-7-3-5-11-4-1-2-6-12(11)13/h1-7,16H,8-10H2. The molecule has 92 valence electrons. The van der Waals surface area contributed by atoms with Gasteiger partial charge in [0.1, 0.15) is 5.41 Å². The van der Waals surface area contributed by atoms with Gasteiger partial charge in [0.25, 0.3) is 0 Å². The summed E-state index contributed by atoms with van der Waals surface area (Å²) >= 11 is 0. The van der Waals surface area contributed by atoms with Crippen LogP contribution in [0.2, 0.25) is 0 Å². The first-order valence-electron chi connectivity index (χ1n) is 5.98. The SMILES string of the molecule is O=C(c1cccc2ccccc12)C1(CO)COC1. The lowest BCUT2D eigenvalue weighted by Gasteiger charge is -2.38. The molecule has 3 heteroatoms. The Labute approximate surface area is 105 Å². The van der Waals surface area contributed by atoms with Crippen molar-refractivity contribution >= 4 is 16.6 Å². The van der Waals surface area contributed by atoms with Gasteiger partial charge in [-0.15, -0.1) is 0 Å². The number of benzene rings is 2. The molecule has 18 heavy (non-hydrogen) atoms. The normalized spacial score (nSPS) is 17.4. The second-order valence-electron chi connectivity index (χ2n) is 4.79. The van der Waals surface area contributed by atoms with Crippen molar-refractivity contribution in [3.63, 3.8) is 0 Å². The number of rotatable bonds is 3. The topological polar surface area (TPSA) is 46.5 Å². The van der Waals surface area contributed by atoms with Gasteiger partial charge in [0.15, 0.2) is 5.78 Å². The summed E-state index contributed by atoms with van der Waals surface area (Å²) in [5, 5.41) is 11.4. The van der Waals surface area contributed by atoms with Crippen LogP contribution in [0.5, 0.6) is 0 Å². The van der Waals surface area contributed by atoms with Crippen molar-refractivity contribution in [1.29, 1.82) is 0 Å². The predicted molar refractivity (Wildman–Crippen MR) is 68.6 cm³/mol. The number of Topliss-reactive ketones (excluding diaryl/α,β-unsaturated/α-hetero) is 1. The Balaban J connectivity index is 2.12. The van der Waals surface area contributed by atoms with E-state index in [2.05, 4.69) is 0 Å². The first-order chi connectivity index (χ1) is 8.77. The number of hydrogen-bond acceptors (Lipinski definition) is 3. The molecule has 0 atom stereocenters. The van der Waals surface area contributed by atoms with Crippen LogP contribution in [0.15, 0.2) is 42.5 Å². The van der Waals surface area contributed by atoms with E-state index in [1.54, 1.807) is 0 Å². The molecule has 2 aromatic rings. The molecule has 0 aliphatic carbocycles. The summed E-state index contributed by atoms with van der Waals surface area (Å²) in [6.45, 7) is 0.464. The average Bonchev–Trinajstić information content (AvgIpc) is 2.37. The number of carbonyl (C=O) groups excluding carboxylic acids is 1. The summed E-state index contributed by atoms with van der Waals surface area (Å²) in [7, 11) is 0. The van der Waals surface area contributed by atoms with Gasteiger partial charge in [-0.2, -0.15) is 0 Å². The lowest BCUT2D eigenvalue weighted by molar-refractivity contribution is -0.109. The van der Waals surface area contributed by atoms with E-state index in [0.717, 1.165) is 10.8 Å². The fourth-order valence-corrected chi connectivity index (χ4v) is 2.35. The molecule has 2 aromatic carbocycles. The molecule has 1 N–H and O–H groups in total. The maximum absolute atomic E-state index is 12.6. The first kappa shape index (κ1) is 11.4. The molecule has 0 amide bonds. The minimum atomic E-state index is -0.732. The Morgan fingerprint density at radius 3 is 2.56 bits per heavy atom. The molecular weight excluding hydrogens is 228 g/mol. The summed E-state index contributed by atoms with van der Waals surface area (Å²) in [5.74, 6) is -0.0203. The molecule has 1 heterocycles. The van der Waals surface area contributed by atoms with Crippen molar-refractivity contribution in [1.82, 2.24) is 0 Å². The maximum atomic E-state index is 12.6. The monoisotopic (exact) mass is 242 g/mol. The summed E-state index contributed by atoms with van der Waals surface area (Å²) in [5.41, 5.74) is -0.0603. The van der Waals surface area contributed by atoms with Gasteiger partial charge in [0.05, 0.1) is 19.8 Å². The zero-order valence-corrected chi connectivity index (χ0v) is 9.93. The molecular formula is C15H14O3. The van der Waals surface area contributed by atoms with Crippen LogP contribution in [-0.4, -0.2) is 30.7 Å². The predicted octanol–water partition coefficient (Wildman–Crippen LogP) is 2.03. The fraction of sp³-hybridized carbons (Fsp3) is 0.267. The van der Waals surface area contributed by atoms with E-state index >= 15 is 0 Å². The first-order valence-corrected chi connectivity index (χ1v) is 5.98. The van der Waals surface area contributed by atoms with Crippen LogP contribution in [-0.2, 0) is 4.74 Å². The van der Waals surface area contributed by atoms with E-state index in [0.29, 0.717) is 18.8 Å². The molecule has 1 aliphatic heterocycles. The second kappa shape index (κ2) is 4.19. The molecule has 3 rings (SSSR count). The molecule has 1 fully saturated rings. The van der Waals surface area contributed by atoms with E-state index in [4.69, 9.17) is 4.74 Å². The number of ketones is 1. The number of aliphatic hydroxyl groups excluding tert-OH is 1. The number of fused-ring (bicyclic) bond motifs is 1. The molecule has 1 aliphatic rings. The maximum Gasteiger partial charge on any atom is 0.176 e. The van der Waals surface area contributed by atoms with Gasteiger partial charge in [-0.3, -0.25) is 4.79 Å². The zero-order chi connectivity index (χ0) is 12.6. The third kappa shape index (κ3) is 1.55. The molecule has 0 radical (unpaired) electrons. The van der Waals surface area contributed by atoms with E-state index in [1.165, 1.54) is 0 Å². The minimum Gasteiger partial charge on any atom is -0.395 e. The van der Waals surface area contributed by atoms with E-state index in [1.807, 2.05) is 42.5 Å². The largest absolute Gasteiger partial charge is 0.395 e. The Morgan fingerprint density at radius 1 is 1.17 bits per heavy atom. The third-order valence-corrected chi connectivity index (χ3v) is 3.58. The Morgan fingerprint density at radius 2 is 1.89 bits per heavy atom. The van der Waals surface area contributed by atoms with Crippen molar-refractivity contribution in [2.45, 2.75) is 0 Å². The molecule has 3 nitrogen and oxygen atoms in total. The van der Waals surface area contributed by atoms with Crippen LogP contribution in [0.4, 0.5) is 0 Å². The highest BCUT2D eigenvalue weighted by molar-refractivity contribution is 6.11. The summed E-state index contributed by atoms with van der Waals surface area (Å²) in [6, 6.07) is 13.5. The highest BCUT2D eigenvalue weighted by Crippen LogP contribution is 2.33. The van der Waals surface area contributed by atoms with Gasteiger partial charge in [-0.25, -0.2) is 0 Å². The van der Waals surface area contributed by atoms with Crippen molar-refractivity contribution in [2.24, 2.45) is 5.41 Å².